The molecule has 0 amide bonds. The van der Waals surface area contributed by atoms with Gasteiger partial charge in [0.05, 0.1) is 5.02 Å². The molecule has 96 valence electrons. The van der Waals surface area contributed by atoms with Crippen LogP contribution in [-0.4, -0.2) is 17.7 Å². The third-order valence-electron chi connectivity index (χ3n) is 3.96. The van der Waals surface area contributed by atoms with Crippen LogP contribution in [0.4, 0.5) is 0 Å². The minimum absolute atomic E-state index is 0.751. The van der Waals surface area contributed by atoms with E-state index in [0.29, 0.717) is 0 Å². The van der Waals surface area contributed by atoms with Crippen LogP contribution >= 0.6 is 11.6 Å². The van der Waals surface area contributed by atoms with Crippen LogP contribution in [0.2, 0.25) is 5.02 Å². The Kier molecular flexibility index (Phi) is 3.31. The van der Waals surface area contributed by atoms with Crippen LogP contribution in [0.3, 0.4) is 0 Å². The van der Waals surface area contributed by atoms with Gasteiger partial charge in [0.15, 0.2) is 0 Å². The molecule has 0 saturated carbocycles. The maximum Gasteiger partial charge on any atom is 0.0664 e. The molecular formula is C15H19ClN2. The van der Waals surface area contributed by atoms with Gasteiger partial charge in [0.2, 0.25) is 0 Å². The smallest absolute Gasteiger partial charge is 0.0664 e. The fourth-order valence-corrected chi connectivity index (χ4v) is 3.40. The summed E-state index contributed by atoms with van der Waals surface area (Å²) in [5.74, 6) is 0.751. The fraction of sp³-hybridized carbons (Fsp3) is 0.467. The molecule has 1 atom stereocenters. The number of hydrogen-bond donors (Lipinski definition) is 1. The van der Waals surface area contributed by atoms with E-state index in [9.17, 15) is 0 Å². The molecule has 1 aliphatic heterocycles. The summed E-state index contributed by atoms with van der Waals surface area (Å²) in [6.45, 7) is 2.31. The lowest BCUT2D eigenvalue weighted by Gasteiger charge is -2.23. The Balaban J connectivity index is 1.95. The zero-order valence-corrected chi connectivity index (χ0v) is 11.5. The summed E-state index contributed by atoms with van der Waals surface area (Å²) in [7, 11) is 2.06. The molecule has 1 N–H and O–H groups in total. The number of rotatable bonds is 2. The Labute approximate surface area is 113 Å². The molecule has 2 heterocycles. The van der Waals surface area contributed by atoms with Crippen LogP contribution in [0.25, 0.3) is 10.9 Å². The number of aryl methyl sites for hydroxylation is 1. The van der Waals surface area contributed by atoms with Gasteiger partial charge in [-0.2, -0.15) is 0 Å². The van der Waals surface area contributed by atoms with Crippen molar-refractivity contribution in [3.8, 4) is 0 Å². The zero-order chi connectivity index (χ0) is 12.5. The van der Waals surface area contributed by atoms with Crippen LogP contribution in [0.5, 0.6) is 0 Å². The molecule has 18 heavy (non-hydrogen) atoms. The third kappa shape index (κ3) is 2.15. The van der Waals surface area contributed by atoms with Gasteiger partial charge in [0, 0.05) is 24.1 Å². The van der Waals surface area contributed by atoms with Crippen molar-refractivity contribution in [3.63, 3.8) is 0 Å². The molecular weight excluding hydrogens is 244 g/mol. The normalized spacial score (nSPS) is 20.4. The number of hydrogen-bond acceptors (Lipinski definition) is 1. The molecule has 1 aromatic carbocycles. The van der Waals surface area contributed by atoms with Crippen molar-refractivity contribution in [2.45, 2.75) is 19.3 Å². The first kappa shape index (κ1) is 12.1. The number of halogens is 1. The van der Waals surface area contributed by atoms with Crippen molar-refractivity contribution >= 4 is 22.5 Å². The first-order valence-electron chi connectivity index (χ1n) is 6.69. The summed E-state index contributed by atoms with van der Waals surface area (Å²) in [6, 6.07) is 6.51. The van der Waals surface area contributed by atoms with Gasteiger partial charge in [0.25, 0.3) is 0 Å². The lowest BCUT2D eigenvalue weighted by Crippen LogP contribution is -2.30. The molecule has 3 rings (SSSR count). The van der Waals surface area contributed by atoms with Gasteiger partial charge in [-0.05, 0) is 49.9 Å². The van der Waals surface area contributed by atoms with Crippen molar-refractivity contribution in [1.29, 1.82) is 0 Å². The average molecular weight is 263 g/mol. The monoisotopic (exact) mass is 262 g/mol. The zero-order valence-electron chi connectivity index (χ0n) is 10.7. The van der Waals surface area contributed by atoms with Gasteiger partial charge in [-0.25, -0.2) is 0 Å². The van der Waals surface area contributed by atoms with E-state index >= 15 is 0 Å². The first-order valence-corrected chi connectivity index (χ1v) is 7.06. The molecule has 1 saturated heterocycles. The van der Waals surface area contributed by atoms with Crippen LogP contribution in [0, 0.1) is 5.92 Å². The summed E-state index contributed by atoms with van der Waals surface area (Å²) >= 11 is 6.36. The number of piperidine rings is 1. The lowest BCUT2D eigenvalue weighted by atomic mass is 9.91. The average Bonchev–Trinajstić information content (AvgIpc) is 2.67. The molecule has 1 unspecified atom stereocenters. The van der Waals surface area contributed by atoms with Gasteiger partial charge in [-0.3, -0.25) is 0 Å². The highest BCUT2D eigenvalue weighted by Gasteiger charge is 2.16. The molecule has 1 aromatic heterocycles. The van der Waals surface area contributed by atoms with Crippen molar-refractivity contribution in [2.75, 3.05) is 13.1 Å². The highest BCUT2D eigenvalue weighted by Crippen LogP contribution is 2.30. The largest absolute Gasteiger partial charge is 0.349 e. The first-order chi connectivity index (χ1) is 8.75. The Morgan fingerprint density at radius 2 is 2.33 bits per heavy atom. The number of nitrogens with zero attached hydrogens (tertiary/aromatic N) is 1. The predicted molar refractivity (Wildman–Crippen MR) is 77.2 cm³/mol. The predicted octanol–water partition coefficient (Wildman–Crippen LogP) is 3.37. The van der Waals surface area contributed by atoms with Crippen LogP contribution in [0.15, 0.2) is 24.4 Å². The quantitative estimate of drug-likeness (QED) is 0.878. The number of nitrogens with one attached hydrogen (secondary N) is 1. The second kappa shape index (κ2) is 4.94. The van der Waals surface area contributed by atoms with E-state index in [1.165, 1.54) is 35.9 Å². The molecule has 3 heteroatoms. The summed E-state index contributed by atoms with van der Waals surface area (Å²) < 4.78 is 2.11. The SMILES string of the molecule is Cn1cc(Cl)c2c(CC3CCCNC3)cccc21. The van der Waals surface area contributed by atoms with Gasteiger partial charge in [0.1, 0.15) is 0 Å². The maximum absolute atomic E-state index is 6.36. The Hall–Kier alpha value is -0.990. The maximum atomic E-state index is 6.36. The number of fused-ring (bicyclic) bond motifs is 1. The molecule has 0 aliphatic carbocycles. The summed E-state index contributed by atoms with van der Waals surface area (Å²) in [5, 5.41) is 5.61. The molecule has 1 aliphatic rings. The minimum atomic E-state index is 0.751. The van der Waals surface area contributed by atoms with Crippen LogP contribution in [0.1, 0.15) is 18.4 Å². The number of benzene rings is 1. The number of aromatic nitrogens is 1. The van der Waals surface area contributed by atoms with E-state index in [2.05, 4.69) is 35.1 Å². The second-order valence-corrected chi connectivity index (χ2v) is 5.72. The standard InChI is InChI=1S/C15H19ClN2/c1-18-10-13(16)15-12(5-2-6-14(15)18)8-11-4-3-7-17-9-11/h2,5-6,10-11,17H,3-4,7-9H2,1H3. The van der Waals surface area contributed by atoms with Crippen LogP contribution < -0.4 is 5.32 Å². The highest BCUT2D eigenvalue weighted by molar-refractivity contribution is 6.35. The van der Waals surface area contributed by atoms with Crippen molar-refractivity contribution in [2.24, 2.45) is 13.0 Å². The second-order valence-electron chi connectivity index (χ2n) is 5.32. The summed E-state index contributed by atoms with van der Waals surface area (Å²) in [4.78, 5) is 0. The lowest BCUT2D eigenvalue weighted by molar-refractivity contribution is 0.377. The van der Waals surface area contributed by atoms with E-state index in [1.54, 1.807) is 0 Å². The third-order valence-corrected chi connectivity index (χ3v) is 4.25. The van der Waals surface area contributed by atoms with Crippen molar-refractivity contribution < 1.29 is 0 Å². The Morgan fingerprint density at radius 3 is 3.11 bits per heavy atom. The fourth-order valence-electron chi connectivity index (χ4n) is 3.04. The molecule has 2 nitrogen and oxygen atoms in total. The van der Waals surface area contributed by atoms with Crippen LogP contribution in [-0.2, 0) is 13.5 Å². The summed E-state index contributed by atoms with van der Waals surface area (Å²) in [6.07, 6.45) is 5.76. The van der Waals surface area contributed by atoms with Gasteiger partial charge < -0.3 is 9.88 Å². The van der Waals surface area contributed by atoms with Gasteiger partial charge >= 0.3 is 0 Å². The van der Waals surface area contributed by atoms with Gasteiger partial charge in [-0.1, -0.05) is 23.7 Å². The van der Waals surface area contributed by atoms with E-state index in [-0.39, 0.29) is 0 Å². The van der Waals surface area contributed by atoms with E-state index in [4.69, 9.17) is 11.6 Å². The van der Waals surface area contributed by atoms with Crippen molar-refractivity contribution in [1.82, 2.24) is 9.88 Å². The molecule has 0 radical (unpaired) electrons. The van der Waals surface area contributed by atoms with Gasteiger partial charge in [-0.15, -0.1) is 0 Å². The topological polar surface area (TPSA) is 17.0 Å². The molecule has 0 spiro atoms. The summed E-state index contributed by atoms with van der Waals surface area (Å²) in [5.41, 5.74) is 2.63. The highest BCUT2D eigenvalue weighted by atomic mass is 35.5. The van der Waals surface area contributed by atoms with E-state index < -0.39 is 0 Å². The molecule has 0 bridgehead atoms. The van der Waals surface area contributed by atoms with E-state index in [0.717, 1.165) is 23.9 Å². The Bertz CT molecular complexity index is 553. The van der Waals surface area contributed by atoms with E-state index in [1.807, 2.05) is 6.20 Å². The minimum Gasteiger partial charge on any atom is -0.349 e. The van der Waals surface area contributed by atoms with Crippen molar-refractivity contribution in [3.05, 3.63) is 35.0 Å². The molecule has 2 aromatic rings. The molecule has 1 fully saturated rings. The Morgan fingerprint density at radius 1 is 1.44 bits per heavy atom.